The molecule has 0 unspecified atom stereocenters. The highest BCUT2D eigenvalue weighted by atomic mass is 19.2. The maximum absolute atomic E-state index is 15.0. The molecular weight excluding hydrogens is 406 g/mol. The summed E-state index contributed by atoms with van der Waals surface area (Å²) in [5.41, 5.74) is 1.54. The van der Waals surface area contributed by atoms with Gasteiger partial charge in [-0.3, -0.25) is 4.90 Å². The summed E-state index contributed by atoms with van der Waals surface area (Å²) < 4.78 is 35.2. The Hall–Kier alpha value is -2.85. The number of rotatable bonds is 4. The molecule has 166 valence electrons. The van der Waals surface area contributed by atoms with E-state index in [1.165, 1.54) is 12.1 Å². The predicted molar refractivity (Wildman–Crippen MR) is 113 cm³/mol. The number of hydrogen-bond acceptors (Lipinski definition) is 6. The number of carbonyl (C=O) groups is 1. The number of nitrogens with zero attached hydrogens (tertiary/aromatic N) is 4. The number of ether oxygens (including phenoxy) is 1. The van der Waals surface area contributed by atoms with E-state index in [9.17, 15) is 13.6 Å². The molecule has 1 aromatic heterocycles. The molecule has 10 heteroatoms. The summed E-state index contributed by atoms with van der Waals surface area (Å²) in [6, 6.07) is 2.22. The van der Waals surface area contributed by atoms with Crippen LogP contribution in [0.25, 0.3) is 11.4 Å². The van der Waals surface area contributed by atoms with Gasteiger partial charge in [0.1, 0.15) is 5.82 Å². The van der Waals surface area contributed by atoms with E-state index >= 15 is 0 Å². The fourth-order valence-electron chi connectivity index (χ4n) is 3.94. The van der Waals surface area contributed by atoms with Crippen molar-refractivity contribution >= 4 is 17.5 Å². The number of hydrogen-bond donors (Lipinski definition) is 2. The van der Waals surface area contributed by atoms with Crippen LogP contribution in [-0.2, 0) is 17.8 Å². The fourth-order valence-corrected chi connectivity index (χ4v) is 3.94. The van der Waals surface area contributed by atoms with Gasteiger partial charge in [0.15, 0.2) is 17.5 Å². The van der Waals surface area contributed by atoms with E-state index in [-0.39, 0.29) is 23.1 Å². The van der Waals surface area contributed by atoms with Gasteiger partial charge in [-0.05, 0) is 33.0 Å². The lowest BCUT2D eigenvalue weighted by Gasteiger charge is -2.35. The molecule has 1 saturated heterocycles. The van der Waals surface area contributed by atoms with Gasteiger partial charge in [-0.2, -0.15) is 0 Å². The number of aromatic nitrogens is 2. The number of anilines is 2. The number of urea groups is 1. The van der Waals surface area contributed by atoms with Crippen molar-refractivity contribution in [2.45, 2.75) is 33.0 Å². The highest BCUT2D eigenvalue weighted by molar-refractivity contribution is 5.89. The Morgan fingerprint density at radius 2 is 2.06 bits per heavy atom. The molecule has 0 radical (unpaired) electrons. The molecule has 1 fully saturated rings. The van der Waals surface area contributed by atoms with Crippen LogP contribution < -0.4 is 15.5 Å². The Labute approximate surface area is 179 Å². The molecule has 8 nitrogen and oxygen atoms in total. The minimum Gasteiger partial charge on any atom is -0.377 e. The predicted octanol–water partition coefficient (Wildman–Crippen LogP) is 2.73. The zero-order valence-corrected chi connectivity index (χ0v) is 17.8. The molecule has 4 rings (SSSR count). The summed E-state index contributed by atoms with van der Waals surface area (Å²) in [6.45, 7) is 7.28. The zero-order valence-electron chi connectivity index (χ0n) is 17.8. The minimum absolute atomic E-state index is 0.0431. The summed E-state index contributed by atoms with van der Waals surface area (Å²) in [4.78, 5) is 25.2. The van der Waals surface area contributed by atoms with Crippen LogP contribution in [0.3, 0.4) is 0 Å². The Morgan fingerprint density at radius 3 is 2.81 bits per heavy atom. The number of nitrogens with one attached hydrogen (secondary N) is 2. The second-order valence-corrected chi connectivity index (χ2v) is 7.86. The minimum atomic E-state index is -1.15. The highest BCUT2D eigenvalue weighted by Crippen LogP contribution is 2.34. The maximum atomic E-state index is 15.0. The number of halogens is 2. The van der Waals surface area contributed by atoms with Crippen LogP contribution in [0.15, 0.2) is 12.1 Å². The number of benzene rings is 1. The average molecular weight is 432 g/mol. The topological polar surface area (TPSA) is 82.6 Å². The molecule has 2 aliphatic heterocycles. The molecule has 0 spiro atoms. The molecule has 2 amide bonds. The molecule has 2 aromatic rings. The summed E-state index contributed by atoms with van der Waals surface area (Å²) in [5.74, 6) is -1.37. The van der Waals surface area contributed by atoms with E-state index in [1.54, 1.807) is 6.92 Å². The van der Waals surface area contributed by atoms with Crippen molar-refractivity contribution in [2.24, 2.45) is 0 Å². The standard InChI is InChI=1S/C21H26F2N6O2/c1-4-24-21(30)26-15-6-5-13(17(22)18(15)23)19-25-16-10-28(3)9-14(16)20(27-19)29-7-8-31-11-12(29)2/h5-6,12H,4,7-11H2,1-3H3,(H2,24,26,30)/t12-/m0/s1. The summed E-state index contributed by atoms with van der Waals surface area (Å²) in [7, 11) is 1.98. The molecule has 1 atom stereocenters. The quantitative estimate of drug-likeness (QED) is 0.773. The smallest absolute Gasteiger partial charge is 0.319 e. The van der Waals surface area contributed by atoms with E-state index in [4.69, 9.17) is 4.74 Å². The normalized spacial score (nSPS) is 18.7. The van der Waals surface area contributed by atoms with Crippen molar-refractivity contribution in [3.8, 4) is 11.4 Å². The summed E-state index contributed by atoms with van der Waals surface area (Å²) in [5, 5.41) is 4.80. The Kier molecular flexibility index (Phi) is 6.01. The first-order valence-corrected chi connectivity index (χ1v) is 10.3. The van der Waals surface area contributed by atoms with Gasteiger partial charge < -0.3 is 20.3 Å². The van der Waals surface area contributed by atoms with Gasteiger partial charge >= 0.3 is 6.03 Å². The van der Waals surface area contributed by atoms with Crippen LogP contribution in [-0.4, -0.2) is 60.3 Å². The zero-order chi connectivity index (χ0) is 22.1. The lowest BCUT2D eigenvalue weighted by atomic mass is 10.1. The van der Waals surface area contributed by atoms with Crippen molar-refractivity contribution in [3.63, 3.8) is 0 Å². The van der Waals surface area contributed by atoms with Gasteiger partial charge in [0, 0.05) is 31.7 Å². The monoisotopic (exact) mass is 432 g/mol. The van der Waals surface area contributed by atoms with Crippen molar-refractivity contribution in [2.75, 3.05) is 43.6 Å². The van der Waals surface area contributed by atoms with Crippen molar-refractivity contribution in [3.05, 3.63) is 35.0 Å². The summed E-state index contributed by atoms with van der Waals surface area (Å²) >= 11 is 0. The molecule has 0 saturated carbocycles. The van der Waals surface area contributed by atoms with Gasteiger partial charge in [-0.1, -0.05) is 0 Å². The van der Waals surface area contributed by atoms with E-state index in [1.807, 2.05) is 14.0 Å². The summed E-state index contributed by atoms with van der Waals surface area (Å²) in [6.07, 6.45) is 0. The molecule has 3 heterocycles. The largest absolute Gasteiger partial charge is 0.377 e. The lowest BCUT2D eigenvalue weighted by Crippen LogP contribution is -2.44. The van der Waals surface area contributed by atoms with Crippen LogP contribution >= 0.6 is 0 Å². The van der Waals surface area contributed by atoms with Crippen LogP contribution in [0.1, 0.15) is 25.1 Å². The van der Waals surface area contributed by atoms with E-state index in [2.05, 4.69) is 30.4 Å². The first-order chi connectivity index (χ1) is 14.9. The molecule has 0 aliphatic carbocycles. The van der Waals surface area contributed by atoms with Crippen LogP contribution in [0.2, 0.25) is 0 Å². The Balaban J connectivity index is 1.75. The lowest BCUT2D eigenvalue weighted by molar-refractivity contribution is 0.0984. The van der Waals surface area contributed by atoms with Gasteiger partial charge in [0.05, 0.1) is 36.2 Å². The SMILES string of the molecule is CCNC(=O)Nc1ccc(-c2nc3c(c(N4CCOC[C@@H]4C)n2)CN(C)C3)c(F)c1F. The third-order valence-electron chi connectivity index (χ3n) is 5.47. The van der Waals surface area contributed by atoms with Gasteiger partial charge in [0.2, 0.25) is 0 Å². The molecule has 2 aliphatic rings. The molecule has 31 heavy (non-hydrogen) atoms. The molecule has 2 N–H and O–H groups in total. The second kappa shape index (κ2) is 8.72. The van der Waals surface area contributed by atoms with Crippen LogP contribution in [0.4, 0.5) is 25.1 Å². The van der Waals surface area contributed by atoms with E-state index < -0.39 is 17.7 Å². The van der Waals surface area contributed by atoms with Gasteiger partial charge in [-0.25, -0.2) is 23.5 Å². The molecule has 0 bridgehead atoms. The molecular formula is C21H26F2N6O2. The number of carbonyl (C=O) groups excluding carboxylic acids is 1. The molecule has 1 aromatic carbocycles. The maximum Gasteiger partial charge on any atom is 0.319 e. The number of morpholine rings is 1. The first kappa shape index (κ1) is 21.4. The fraction of sp³-hybridized carbons (Fsp3) is 0.476. The van der Waals surface area contributed by atoms with Crippen LogP contribution in [0.5, 0.6) is 0 Å². The van der Waals surface area contributed by atoms with Gasteiger partial charge in [-0.15, -0.1) is 0 Å². The Morgan fingerprint density at radius 1 is 1.26 bits per heavy atom. The van der Waals surface area contributed by atoms with E-state index in [0.717, 1.165) is 17.1 Å². The van der Waals surface area contributed by atoms with Crippen LogP contribution in [0, 0.1) is 11.6 Å². The highest BCUT2D eigenvalue weighted by Gasteiger charge is 2.30. The third-order valence-corrected chi connectivity index (χ3v) is 5.47. The average Bonchev–Trinajstić information content (AvgIpc) is 3.12. The van der Waals surface area contributed by atoms with Gasteiger partial charge in [0.25, 0.3) is 0 Å². The number of amides is 2. The van der Waals surface area contributed by atoms with E-state index in [0.29, 0.717) is 39.4 Å². The second-order valence-electron chi connectivity index (χ2n) is 7.86. The Bertz CT molecular complexity index is 1000. The number of fused-ring (bicyclic) bond motifs is 1. The first-order valence-electron chi connectivity index (χ1n) is 10.3. The third kappa shape index (κ3) is 4.17. The van der Waals surface area contributed by atoms with Crippen molar-refractivity contribution in [1.82, 2.24) is 20.2 Å². The van der Waals surface area contributed by atoms with Crippen molar-refractivity contribution in [1.29, 1.82) is 0 Å². The van der Waals surface area contributed by atoms with Crippen molar-refractivity contribution < 1.29 is 18.3 Å².